The number of para-hydroxylation sites is 1. The van der Waals surface area contributed by atoms with Gasteiger partial charge in [-0.2, -0.15) is 5.43 Å². The van der Waals surface area contributed by atoms with E-state index in [1.807, 2.05) is 62.6 Å². The van der Waals surface area contributed by atoms with E-state index in [4.69, 9.17) is 12.2 Å². The molecule has 5 nitrogen and oxygen atoms in total. The second kappa shape index (κ2) is 6.18. The molecule has 0 fully saturated rings. The van der Waals surface area contributed by atoms with E-state index in [0.717, 1.165) is 11.1 Å². The van der Waals surface area contributed by atoms with Crippen molar-refractivity contribution >= 4 is 28.2 Å². The Bertz CT molecular complexity index is 919. The summed E-state index contributed by atoms with van der Waals surface area (Å²) < 4.78 is 1.46. The second-order valence-electron chi connectivity index (χ2n) is 5.34. The summed E-state index contributed by atoms with van der Waals surface area (Å²) in [6, 6.07) is 17.1. The highest BCUT2D eigenvalue weighted by Gasteiger charge is 2.21. The summed E-state index contributed by atoms with van der Waals surface area (Å²) in [6.45, 7) is 0. The van der Waals surface area contributed by atoms with Crippen LogP contribution in [0.2, 0.25) is 0 Å². The zero-order valence-electron chi connectivity index (χ0n) is 12.9. The SMILES string of the molecule is CN(C)C(=S)Nn1c(-c2ccccc2)[nH+]c2ccccc2c1=O. The van der Waals surface area contributed by atoms with Crippen molar-refractivity contribution < 1.29 is 4.98 Å². The number of aromatic nitrogens is 2. The summed E-state index contributed by atoms with van der Waals surface area (Å²) in [4.78, 5) is 17.9. The number of thiocarbonyl (C=S) groups is 1. The number of rotatable bonds is 2. The standard InChI is InChI=1S/C17H16N4OS/c1-20(2)17(23)19-21-15(12-8-4-3-5-9-12)18-14-11-7-6-10-13(14)16(21)22/h3-11H,1-2H3,(H,19,23)/p+1. The Balaban J connectivity index is 2.28. The molecule has 0 spiro atoms. The van der Waals surface area contributed by atoms with Crippen LogP contribution in [0.5, 0.6) is 0 Å². The van der Waals surface area contributed by atoms with Gasteiger partial charge < -0.3 is 4.90 Å². The summed E-state index contributed by atoms with van der Waals surface area (Å²) in [5.74, 6) is 0.651. The third-order valence-corrected chi connectivity index (χ3v) is 3.95. The van der Waals surface area contributed by atoms with Crippen LogP contribution in [-0.4, -0.2) is 28.8 Å². The van der Waals surface area contributed by atoms with Gasteiger partial charge in [0.2, 0.25) is 5.11 Å². The molecule has 0 amide bonds. The molecular weight excluding hydrogens is 308 g/mol. The van der Waals surface area contributed by atoms with Crippen LogP contribution in [0.3, 0.4) is 0 Å². The lowest BCUT2D eigenvalue weighted by Gasteiger charge is -2.14. The third kappa shape index (κ3) is 2.93. The summed E-state index contributed by atoms with van der Waals surface area (Å²) in [5, 5.41) is 1.05. The van der Waals surface area contributed by atoms with Crippen LogP contribution in [-0.2, 0) is 0 Å². The number of hydrogen-bond donors (Lipinski definition) is 1. The van der Waals surface area contributed by atoms with E-state index in [1.54, 1.807) is 11.0 Å². The first kappa shape index (κ1) is 15.2. The van der Waals surface area contributed by atoms with Crippen molar-refractivity contribution in [3.8, 4) is 11.4 Å². The van der Waals surface area contributed by atoms with Crippen molar-refractivity contribution in [3.05, 3.63) is 65.0 Å². The molecule has 0 unspecified atom stereocenters. The number of fused-ring (bicyclic) bond motifs is 1. The van der Waals surface area contributed by atoms with Gasteiger partial charge in [-0.25, -0.2) is 9.78 Å². The Morgan fingerprint density at radius 1 is 1.09 bits per heavy atom. The Morgan fingerprint density at radius 2 is 1.74 bits per heavy atom. The maximum Gasteiger partial charge on any atom is 0.369 e. The predicted octanol–water partition coefficient (Wildman–Crippen LogP) is 1.87. The maximum absolute atomic E-state index is 12.9. The van der Waals surface area contributed by atoms with Crippen LogP contribution in [0.15, 0.2) is 59.4 Å². The van der Waals surface area contributed by atoms with Gasteiger partial charge >= 0.3 is 11.4 Å². The van der Waals surface area contributed by atoms with Crippen molar-refractivity contribution in [2.45, 2.75) is 0 Å². The summed E-state index contributed by atoms with van der Waals surface area (Å²) in [7, 11) is 3.65. The van der Waals surface area contributed by atoms with E-state index >= 15 is 0 Å². The summed E-state index contributed by atoms with van der Waals surface area (Å²) >= 11 is 5.29. The molecular formula is C17H17N4OS+. The number of hydrogen-bond acceptors (Lipinski definition) is 2. The van der Waals surface area contributed by atoms with Crippen molar-refractivity contribution in [1.82, 2.24) is 9.58 Å². The first-order chi connectivity index (χ1) is 11.1. The molecule has 0 radical (unpaired) electrons. The largest absolute Gasteiger partial charge is 0.369 e. The van der Waals surface area contributed by atoms with Gasteiger partial charge in [-0.1, -0.05) is 35.0 Å². The molecule has 0 aliphatic carbocycles. The minimum absolute atomic E-state index is 0.151. The molecule has 0 saturated heterocycles. The zero-order chi connectivity index (χ0) is 16.4. The van der Waals surface area contributed by atoms with Crippen molar-refractivity contribution in [2.75, 3.05) is 19.5 Å². The number of nitrogens with zero attached hydrogens (tertiary/aromatic N) is 2. The van der Waals surface area contributed by atoms with Gasteiger partial charge in [-0.3, -0.25) is 0 Å². The lowest BCUT2D eigenvalue weighted by molar-refractivity contribution is -0.337. The number of benzene rings is 2. The highest BCUT2D eigenvalue weighted by molar-refractivity contribution is 7.80. The van der Waals surface area contributed by atoms with Crippen LogP contribution in [0.4, 0.5) is 0 Å². The van der Waals surface area contributed by atoms with E-state index < -0.39 is 0 Å². The van der Waals surface area contributed by atoms with Crippen LogP contribution in [0.1, 0.15) is 0 Å². The Labute approximate surface area is 139 Å². The molecule has 116 valence electrons. The van der Waals surface area contributed by atoms with Crippen LogP contribution >= 0.6 is 12.2 Å². The Kier molecular flexibility index (Phi) is 4.08. The molecule has 1 aromatic heterocycles. The molecule has 2 aromatic carbocycles. The van der Waals surface area contributed by atoms with Gasteiger partial charge in [0.05, 0.1) is 5.56 Å². The monoisotopic (exact) mass is 325 g/mol. The number of nitrogens with one attached hydrogen (secondary N) is 2. The van der Waals surface area contributed by atoms with Crippen LogP contribution in [0.25, 0.3) is 22.3 Å². The molecule has 0 saturated carbocycles. The van der Waals surface area contributed by atoms with E-state index in [9.17, 15) is 4.79 Å². The molecule has 3 rings (SSSR count). The molecule has 3 aromatic rings. The third-order valence-electron chi connectivity index (χ3n) is 3.50. The highest BCUT2D eigenvalue weighted by atomic mass is 32.1. The van der Waals surface area contributed by atoms with E-state index in [0.29, 0.717) is 16.3 Å². The van der Waals surface area contributed by atoms with Gasteiger partial charge in [-0.05, 0) is 36.5 Å². The van der Waals surface area contributed by atoms with Crippen molar-refractivity contribution in [3.63, 3.8) is 0 Å². The fraction of sp³-hybridized carbons (Fsp3) is 0.118. The highest BCUT2D eigenvalue weighted by Crippen LogP contribution is 2.14. The quantitative estimate of drug-likeness (QED) is 0.731. The van der Waals surface area contributed by atoms with Crippen molar-refractivity contribution in [2.24, 2.45) is 0 Å². The van der Waals surface area contributed by atoms with E-state index in [-0.39, 0.29) is 5.56 Å². The first-order valence-corrected chi connectivity index (χ1v) is 7.59. The Morgan fingerprint density at radius 3 is 2.43 bits per heavy atom. The average molecular weight is 325 g/mol. The Hall–Kier alpha value is -2.73. The van der Waals surface area contributed by atoms with Gasteiger partial charge in [0.15, 0.2) is 0 Å². The molecule has 6 heteroatoms. The number of H-pyrrole nitrogens is 1. The topological polar surface area (TPSA) is 51.4 Å². The fourth-order valence-corrected chi connectivity index (χ4v) is 2.37. The minimum Gasteiger partial charge on any atom is -0.353 e. The summed E-state index contributed by atoms with van der Waals surface area (Å²) in [5.41, 5.74) is 4.52. The van der Waals surface area contributed by atoms with Gasteiger partial charge in [0.25, 0.3) is 0 Å². The zero-order valence-corrected chi connectivity index (χ0v) is 13.7. The predicted molar refractivity (Wildman–Crippen MR) is 95.8 cm³/mol. The summed E-state index contributed by atoms with van der Waals surface area (Å²) in [6.07, 6.45) is 0. The second-order valence-corrected chi connectivity index (χ2v) is 5.72. The lowest BCUT2D eigenvalue weighted by atomic mass is 10.2. The van der Waals surface area contributed by atoms with Gasteiger partial charge in [0, 0.05) is 14.1 Å². The fourth-order valence-electron chi connectivity index (χ4n) is 2.28. The molecule has 1 heterocycles. The molecule has 0 aliphatic rings. The van der Waals surface area contributed by atoms with Gasteiger partial charge in [-0.15, -0.1) is 0 Å². The molecule has 2 N–H and O–H groups in total. The molecule has 0 atom stereocenters. The average Bonchev–Trinajstić information content (AvgIpc) is 2.57. The van der Waals surface area contributed by atoms with E-state index in [1.165, 1.54) is 4.68 Å². The molecule has 23 heavy (non-hydrogen) atoms. The number of aromatic amines is 1. The molecule has 0 aliphatic heterocycles. The normalized spacial score (nSPS) is 10.5. The van der Waals surface area contributed by atoms with Crippen molar-refractivity contribution in [1.29, 1.82) is 0 Å². The first-order valence-electron chi connectivity index (χ1n) is 7.19. The maximum atomic E-state index is 12.9. The molecule has 0 bridgehead atoms. The van der Waals surface area contributed by atoms with E-state index in [2.05, 4.69) is 10.4 Å². The van der Waals surface area contributed by atoms with Crippen LogP contribution < -0.4 is 16.0 Å². The minimum atomic E-state index is -0.151. The smallest absolute Gasteiger partial charge is 0.353 e. The lowest BCUT2D eigenvalue weighted by Crippen LogP contribution is -2.42. The van der Waals surface area contributed by atoms with Gasteiger partial charge in [0.1, 0.15) is 10.9 Å². The van der Waals surface area contributed by atoms with Crippen LogP contribution in [0, 0.1) is 0 Å².